The molecule has 240 valence electrons. The van der Waals surface area contributed by atoms with E-state index in [1.54, 1.807) is 27.0 Å². The van der Waals surface area contributed by atoms with Crippen molar-refractivity contribution in [2.24, 2.45) is 23.2 Å². The van der Waals surface area contributed by atoms with E-state index in [2.05, 4.69) is 6.58 Å². The van der Waals surface area contributed by atoms with E-state index in [-0.39, 0.29) is 31.0 Å². The molecule has 0 aromatic carbocycles. The topological polar surface area (TPSA) is 158 Å². The molecule has 0 unspecified atom stereocenters. The molecule has 2 fully saturated rings. The van der Waals surface area contributed by atoms with Gasteiger partial charge in [0.05, 0.1) is 31.0 Å². The minimum Gasteiger partial charge on any atom is -0.392 e. The van der Waals surface area contributed by atoms with Gasteiger partial charge in [0, 0.05) is 12.5 Å². The van der Waals surface area contributed by atoms with Crippen LogP contribution in [-0.4, -0.2) is 111 Å². The van der Waals surface area contributed by atoms with Gasteiger partial charge >= 0.3 is 0 Å². The van der Waals surface area contributed by atoms with Gasteiger partial charge in [0.25, 0.3) is 0 Å². The summed E-state index contributed by atoms with van der Waals surface area (Å²) in [7, 11) is 1.54. The van der Waals surface area contributed by atoms with Crippen LogP contribution in [0.25, 0.3) is 0 Å². The number of ether oxygens (including phenoxy) is 4. The Morgan fingerprint density at radius 3 is 2.38 bits per heavy atom. The summed E-state index contributed by atoms with van der Waals surface area (Å²) in [5, 5.41) is 67.7. The molecular weight excluding hydrogens is 544 g/mol. The average molecular weight is 597 g/mol. The molecule has 0 spiro atoms. The molecule has 3 aliphatic carbocycles. The van der Waals surface area contributed by atoms with Gasteiger partial charge < -0.3 is 49.6 Å². The zero-order chi connectivity index (χ0) is 31.4. The molecule has 1 saturated carbocycles. The predicted molar refractivity (Wildman–Crippen MR) is 155 cm³/mol. The third-order valence-electron chi connectivity index (χ3n) is 10.2. The van der Waals surface area contributed by atoms with Crippen molar-refractivity contribution in [3.05, 3.63) is 35.5 Å². The van der Waals surface area contributed by atoms with E-state index in [9.17, 15) is 30.6 Å². The second-order valence-electron chi connectivity index (χ2n) is 13.8. The van der Waals surface area contributed by atoms with Gasteiger partial charge in [-0.1, -0.05) is 38.5 Å². The lowest BCUT2D eigenvalue weighted by molar-refractivity contribution is -0.319. The quantitative estimate of drug-likeness (QED) is 0.216. The first kappa shape index (κ1) is 33.7. The van der Waals surface area contributed by atoms with Crippen LogP contribution in [0.5, 0.6) is 0 Å². The lowest BCUT2D eigenvalue weighted by Gasteiger charge is -2.47. The van der Waals surface area contributed by atoms with Gasteiger partial charge in [0.2, 0.25) is 0 Å². The molecule has 12 atom stereocenters. The van der Waals surface area contributed by atoms with Crippen LogP contribution < -0.4 is 0 Å². The van der Waals surface area contributed by atoms with Gasteiger partial charge in [-0.3, -0.25) is 0 Å². The summed E-state index contributed by atoms with van der Waals surface area (Å²) >= 11 is 0. The number of rotatable bonds is 9. The van der Waals surface area contributed by atoms with Gasteiger partial charge in [0.15, 0.2) is 6.29 Å². The number of hydrogen-bond acceptors (Lipinski definition) is 10. The van der Waals surface area contributed by atoms with Gasteiger partial charge in [-0.15, -0.1) is 6.58 Å². The van der Waals surface area contributed by atoms with E-state index in [0.29, 0.717) is 24.8 Å². The molecule has 0 radical (unpaired) electrons. The Kier molecular flexibility index (Phi) is 9.88. The Hall–Kier alpha value is -1.18. The van der Waals surface area contributed by atoms with Crippen LogP contribution in [-0.2, 0) is 18.9 Å². The molecule has 0 bridgehead atoms. The third kappa shape index (κ3) is 5.92. The number of hydrogen-bond donors (Lipinski definition) is 6. The Labute approximate surface area is 249 Å². The maximum Gasteiger partial charge on any atom is 0.187 e. The summed E-state index contributed by atoms with van der Waals surface area (Å²) in [6.07, 6.45) is -5.03. The van der Waals surface area contributed by atoms with Crippen LogP contribution in [0.3, 0.4) is 0 Å². The molecule has 0 amide bonds. The number of aliphatic hydroxyl groups excluding tert-OH is 5. The SMILES string of the molecule is C=CC(C)(C)OC[C@H]1O[C@H](O[C@@H]2C3=C(C(C)C)C[C@H](O)[C@]3(C)/C=C3\[C@@H](CC[C@]3(O)COC)[C@@H](C)[C@H]2O)[C@H](O)[C@@H](O)[C@@H]1O. The molecule has 1 heterocycles. The lowest BCUT2D eigenvalue weighted by atomic mass is 9.67. The molecule has 10 heteroatoms. The summed E-state index contributed by atoms with van der Waals surface area (Å²) in [6.45, 7) is 15.2. The van der Waals surface area contributed by atoms with E-state index in [0.717, 1.165) is 11.1 Å². The van der Waals surface area contributed by atoms with Crippen molar-refractivity contribution < 1.29 is 49.6 Å². The Bertz CT molecular complexity index is 1050. The maximum absolute atomic E-state index is 12.0. The van der Waals surface area contributed by atoms with Crippen molar-refractivity contribution >= 4 is 0 Å². The molecule has 10 nitrogen and oxygen atoms in total. The summed E-state index contributed by atoms with van der Waals surface area (Å²) in [4.78, 5) is 0. The summed E-state index contributed by atoms with van der Waals surface area (Å²) in [6, 6.07) is 0. The Morgan fingerprint density at radius 2 is 1.79 bits per heavy atom. The molecule has 4 rings (SSSR count). The summed E-state index contributed by atoms with van der Waals surface area (Å²) in [5.41, 5.74) is -0.583. The van der Waals surface area contributed by atoms with Crippen LogP contribution in [0.4, 0.5) is 0 Å². The molecular formula is C32H52O10. The van der Waals surface area contributed by atoms with Crippen molar-refractivity contribution in [2.75, 3.05) is 20.3 Å². The zero-order valence-corrected chi connectivity index (χ0v) is 26.1. The monoisotopic (exact) mass is 596 g/mol. The first-order valence-electron chi connectivity index (χ1n) is 15.2. The normalized spacial score (nSPS) is 45.7. The number of methoxy groups -OCH3 is 1. The van der Waals surface area contributed by atoms with Crippen LogP contribution in [0.15, 0.2) is 35.5 Å². The molecule has 0 aromatic rings. The van der Waals surface area contributed by atoms with Crippen LogP contribution >= 0.6 is 0 Å². The molecule has 0 aromatic heterocycles. The minimum absolute atomic E-state index is 0.00651. The molecule has 42 heavy (non-hydrogen) atoms. The van der Waals surface area contributed by atoms with Crippen molar-refractivity contribution in [3.8, 4) is 0 Å². The van der Waals surface area contributed by atoms with E-state index in [1.165, 1.54) is 0 Å². The fourth-order valence-electron chi connectivity index (χ4n) is 7.31. The second-order valence-corrected chi connectivity index (χ2v) is 13.8. The maximum atomic E-state index is 12.0. The van der Waals surface area contributed by atoms with Gasteiger partial charge in [-0.25, -0.2) is 0 Å². The molecule has 1 aliphatic heterocycles. The minimum atomic E-state index is -1.61. The van der Waals surface area contributed by atoms with Crippen molar-refractivity contribution in [1.82, 2.24) is 0 Å². The molecule has 4 aliphatic rings. The van der Waals surface area contributed by atoms with Gasteiger partial charge in [0.1, 0.15) is 36.1 Å². The van der Waals surface area contributed by atoms with E-state index in [1.807, 2.05) is 33.8 Å². The predicted octanol–water partition coefficient (Wildman–Crippen LogP) is 1.61. The highest BCUT2D eigenvalue weighted by Gasteiger charge is 2.57. The van der Waals surface area contributed by atoms with E-state index in [4.69, 9.17) is 18.9 Å². The van der Waals surface area contributed by atoms with E-state index >= 15 is 0 Å². The highest BCUT2D eigenvalue weighted by molar-refractivity contribution is 5.44. The number of aliphatic hydroxyl groups is 6. The largest absolute Gasteiger partial charge is 0.392 e. The molecule has 6 N–H and O–H groups in total. The smallest absolute Gasteiger partial charge is 0.187 e. The highest BCUT2D eigenvalue weighted by atomic mass is 16.7. The molecule has 1 saturated heterocycles. The average Bonchev–Trinajstić information content (AvgIpc) is 3.38. The summed E-state index contributed by atoms with van der Waals surface area (Å²) in [5.74, 6) is -0.571. The standard InChI is InChI=1S/C32H52O10/c1-9-30(5,6)40-14-21-25(35)26(36)27(37)29(41-21)42-28-23-19(16(2)3)12-22(33)31(23,7)13-20-18(17(4)24(28)34)10-11-32(20,38)15-39-8/h9,13,16-18,21-22,24-29,33-38H,1,10-12,14-15H2,2-8H3/b20-13+/t17-,18+,21-,22+,24-,25-,26+,27-,28-,29-,31+,32+/m1/s1. The fraction of sp³-hybridized carbons (Fsp3) is 0.812. The Morgan fingerprint density at radius 1 is 1.12 bits per heavy atom. The van der Waals surface area contributed by atoms with Gasteiger partial charge in [-0.05, 0) is 68.9 Å². The highest BCUT2D eigenvalue weighted by Crippen LogP contribution is 2.56. The Balaban J connectivity index is 1.76. The van der Waals surface area contributed by atoms with Crippen LogP contribution in [0.2, 0.25) is 0 Å². The number of fused-ring (bicyclic) bond motifs is 2. The van der Waals surface area contributed by atoms with E-state index < -0.39 is 65.6 Å². The first-order valence-corrected chi connectivity index (χ1v) is 15.2. The zero-order valence-electron chi connectivity index (χ0n) is 26.1. The van der Waals surface area contributed by atoms with Crippen LogP contribution in [0.1, 0.15) is 60.8 Å². The first-order chi connectivity index (χ1) is 19.5. The van der Waals surface area contributed by atoms with Crippen LogP contribution in [0, 0.1) is 23.2 Å². The fourth-order valence-corrected chi connectivity index (χ4v) is 7.31. The van der Waals surface area contributed by atoms with Crippen molar-refractivity contribution in [2.45, 2.75) is 121 Å². The summed E-state index contributed by atoms with van der Waals surface area (Å²) < 4.78 is 23.7. The third-order valence-corrected chi connectivity index (χ3v) is 10.2. The lowest BCUT2D eigenvalue weighted by Crippen LogP contribution is -2.61. The van der Waals surface area contributed by atoms with Crippen molar-refractivity contribution in [3.63, 3.8) is 0 Å². The van der Waals surface area contributed by atoms with Gasteiger partial charge in [-0.2, -0.15) is 0 Å². The second kappa shape index (κ2) is 12.3. The van der Waals surface area contributed by atoms with Crippen molar-refractivity contribution in [1.29, 1.82) is 0 Å².